The molecule has 0 atom stereocenters. The first-order valence-electron chi connectivity index (χ1n) is 3.45. The van der Waals surface area contributed by atoms with Gasteiger partial charge in [-0.1, -0.05) is 6.08 Å². The van der Waals surface area contributed by atoms with E-state index in [9.17, 15) is 4.79 Å². The Balaban J connectivity index is 4.40. The molecule has 0 heterocycles. The molecule has 3 nitrogen and oxygen atoms in total. The van der Waals surface area contributed by atoms with Crippen molar-refractivity contribution in [3.63, 3.8) is 0 Å². The van der Waals surface area contributed by atoms with E-state index < -0.39 is 0 Å². The maximum Gasteiger partial charge on any atom is 0.333 e. The zero-order chi connectivity index (χ0) is 9.56. The van der Waals surface area contributed by atoms with Gasteiger partial charge in [0.15, 0.2) is 0 Å². The molecule has 0 aromatic rings. The van der Waals surface area contributed by atoms with Crippen LogP contribution in [-0.2, 0) is 9.53 Å². The second-order valence-electron chi connectivity index (χ2n) is 2.30. The second-order valence-corrected chi connectivity index (χ2v) is 2.30. The highest BCUT2D eigenvalue weighted by molar-refractivity contribution is 5.87. The van der Waals surface area contributed by atoms with Crippen LogP contribution in [0.3, 0.4) is 0 Å². The van der Waals surface area contributed by atoms with Crippen LogP contribution in [0, 0.1) is 11.3 Å². The van der Waals surface area contributed by atoms with Crippen molar-refractivity contribution in [2.75, 3.05) is 7.11 Å². The van der Waals surface area contributed by atoms with Gasteiger partial charge in [-0.2, -0.15) is 5.26 Å². The molecule has 0 N–H and O–H groups in total. The lowest BCUT2D eigenvalue weighted by molar-refractivity contribution is -0.136. The predicted molar refractivity (Wildman–Crippen MR) is 45.1 cm³/mol. The highest BCUT2D eigenvalue weighted by Crippen LogP contribution is 1.98. The van der Waals surface area contributed by atoms with Gasteiger partial charge in [-0.05, 0) is 19.9 Å². The minimum absolute atomic E-state index is 0.378. The number of carbonyl (C=O) groups excluding carboxylic acids is 1. The van der Waals surface area contributed by atoms with Crippen molar-refractivity contribution >= 4 is 5.97 Å². The van der Waals surface area contributed by atoms with Crippen molar-refractivity contribution in [1.82, 2.24) is 0 Å². The summed E-state index contributed by atoms with van der Waals surface area (Å²) in [4.78, 5) is 10.8. The van der Waals surface area contributed by atoms with E-state index in [-0.39, 0.29) is 5.97 Å². The van der Waals surface area contributed by atoms with E-state index in [0.717, 1.165) is 0 Å². The Morgan fingerprint density at radius 2 is 2.00 bits per heavy atom. The second kappa shape index (κ2) is 5.14. The van der Waals surface area contributed by atoms with E-state index in [2.05, 4.69) is 4.74 Å². The number of hydrogen-bond acceptors (Lipinski definition) is 3. The topological polar surface area (TPSA) is 50.1 Å². The minimum Gasteiger partial charge on any atom is -0.466 e. The number of carbonyl (C=O) groups is 1. The fraction of sp³-hybridized carbons (Fsp3) is 0.333. The van der Waals surface area contributed by atoms with E-state index in [1.807, 2.05) is 6.07 Å². The quantitative estimate of drug-likeness (QED) is 0.270. The molecule has 0 aromatic heterocycles. The van der Waals surface area contributed by atoms with E-state index >= 15 is 0 Å². The first-order chi connectivity index (χ1) is 5.61. The summed E-state index contributed by atoms with van der Waals surface area (Å²) < 4.78 is 4.46. The van der Waals surface area contributed by atoms with Crippen LogP contribution in [0.2, 0.25) is 0 Å². The Bertz CT molecular complexity index is 269. The van der Waals surface area contributed by atoms with Crippen molar-refractivity contribution in [2.45, 2.75) is 13.8 Å². The third kappa shape index (κ3) is 3.57. The molecule has 12 heavy (non-hydrogen) atoms. The van der Waals surface area contributed by atoms with E-state index in [4.69, 9.17) is 5.26 Å². The fourth-order valence-corrected chi connectivity index (χ4v) is 0.516. The summed E-state index contributed by atoms with van der Waals surface area (Å²) in [5.74, 6) is -0.378. The lowest BCUT2D eigenvalue weighted by atomic mass is 10.2. The van der Waals surface area contributed by atoms with Crippen LogP contribution in [0.15, 0.2) is 23.3 Å². The third-order valence-electron chi connectivity index (χ3n) is 1.27. The predicted octanol–water partition coefficient (Wildman–Crippen LogP) is 1.58. The van der Waals surface area contributed by atoms with Crippen LogP contribution in [0.1, 0.15) is 13.8 Å². The van der Waals surface area contributed by atoms with Gasteiger partial charge in [0.25, 0.3) is 0 Å². The zero-order valence-corrected chi connectivity index (χ0v) is 7.42. The van der Waals surface area contributed by atoms with Gasteiger partial charge in [0.1, 0.15) is 0 Å². The fourth-order valence-electron chi connectivity index (χ4n) is 0.516. The van der Waals surface area contributed by atoms with Crippen molar-refractivity contribution in [2.24, 2.45) is 0 Å². The highest BCUT2D eigenvalue weighted by atomic mass is 16.5. The molecule has 0 fully saturated rings. The number of allylic oxidation sites excluding steroid dienone is 3. The third-order valence-corrected chi connectivity index (χ3v) is 1.27. The number of esters is 1. The summed E-state index contributed by atoms with van der Waals surface area (Å²) in [6.45, 7) is 3.30. The van der Waals surface area contributed by atoms with Crippen LogP contribution in [0.5, 0.6) is 0 Å². The molecule has 0 bridgehead atoms. The number of methoxy groups -OCH3 is 1. The standard InChI is InChI=1S/C9H11NO2/c1-7(6-10)4-5-8(2)9(11)12-3/h4-5H,1-3H3/b7-4+,8-5+. The molecular weight excluding hydrogens is 154 g/mol. The van der Waals surface area contributed by atoms with Crippen molar-refractivity contribution in [1.29, 1.82) is 5.26 Å². The molecule has 64 valence electrons. The first-order valence-corrected chi connectivity index (χ1v) is 3.45. The van der Waals surface area contributed by atoms with Crippen LogP contribution < -0.4 is 0 Å². The van der Waals surface area contributed by atoms with E-state index in [1.165, 1.54) is 7.11 Å². The Morgan fingerprint density at radius 1 is 1.42 bits per heavy atom. The Hall–Kier alpha value is -1.56. The molecular formula is C9H11NO2. The van der Waals surface area contributed by atoms with E-state index in [1.54, 1.807) is 26.0 Å². The average Bonchev–Trinajstić information content (AvgIpc) is 2.11. The van der Waals surface area contributed by atoms with Gasteiger partial charge in [-0.25, -0.2) is 4.79 Å². The summed E-state index contributed by atoms with van der Waals surface area (Å²) in [5.41, 5.74) is 1.03. The van der Waals surface area contributed by atoms with Crippen LogP contribution in [0.25, 0.3) is 0 Å². The van der Waals surface area contributed by atoms with Crippen LogP contribution in [-0.4, -0.2) is 13.1 Å². The lowest BCUT2D eigenvalue weighted by Gasteiger charge is -1.95. The molecule has 0 aliphatic rings. The molecule has 0 amide bonds. The summed E-state index contributed by atoms with van der Waals surface area (Å²) in [6, 6.07) is 1.94. The smallest absolute Gasteiger partial charge is 0.333 e. The van der Waals surface area contributed by atoms with Gasteiger partial charge in [-0.3, -0.25) is 0 Å². The molecule has 0 aliphatic heterocycles. The summed E-state index contributed by atoms with van der Waals surface area (Å²) in [5, 5.41) is 8.38. The van der Waals surface area contributed by atoms with Gasteiger partial charge in [0.2, 0.25) is 0 Å². The Morgan fingerprint density at radius 3 is 2.42 bits per heavy atom. The van der Waals surface area contributed by atoms with Gasteiger partial charge < -0.3 is 4.74 Å². The summed E-state index contributed by atoms with van der Waals surface area (Å²) >= 11 is 0. The normalized spacial score (nSPS) is 12.2. The molecule has 0 aromatic carbocycles. The minimum atomic E-state index is -0.378. The molecule has 0 saturated carbocycles. The molecule has 0 spiro atoms. The van der Waals surface area contributed by atoms with Crippen LogP contribution in [0.4, 0.5) is 0 Å². The maximum absolute atomic E-state index is 10.8. The van der Waals surface area contributed by atoms with Crippen molar-refractivity contribution in [3.8, 4) is 6.07 Å². The molecule has 0 unspecified atom stereocenters. The van der Waals surface area contributed by atoms with Gasteiger partial charge >= 0.3 is 5.97 Å². The molecule has 0 saturated heterocycles. The number of hydrogen-bond donors (Lipinski definition) is 0. The molecule has 0 radical (unpaired) electrons. The average molecular weight is 165 g/mol. The van der Waals surface area contributed by atoms with Gasteiger partial charge in [0, 0.05) is 11.1 Å². The highest BCUT2D eigenvalue weighted by Gasteiger charge is 1.99. The van der Waals surface area contributed by atoms with Gasteiger partial charge in [0.05, 0.1) is 13.2 Å². The maximum atomic E-state index is 10.8. The van der Waals surface area contributed by atoms with Crippen LogP contribution >= 0.6 is 0 Å². The largest absolute Gasteiger partial charge is 0.466 e. The van der Waals surface area contributed by atoms with Crippen molar-refractivity contribution in [3.05, 3.63) is 23.3 Å². The number of rotatable bonds is 2. The monoisotopic (exact) mass is 165 g/mol. The molecule has 0 aliphatic carbocycles. The van der Waals surface area contributed by atoms with E-state index in [0.29, 0.717) is 11.1 Å². The number of nitrogens with zero attached hydrogens (tertiary/aromatic N) is 1. The summed E-state index contributed by atoms with van der Waals surface area (Å²) in [6.07, 6.45) is 3.14. The zero-order valence-electron chi connectivity index (χ0n) is 7.42. The Labute approximate surface area is 71.9 Å². The SMILES string of the molecule is COC(=O)/C(C)=C/C=C(\C)C#N. The Kier molecular flexibility index (Phi) is 4.47. The summed E-state index contributed by atoms with van der Waals surface area (Å²) in [7, 11) is 1.32. The molecule has 0 rings (SSSR count). The first kappa shape index (κ1) is 10.4. The number of ether oxygens (including phenoxy) is 1. The molecule has 3 heteroatoms. The lowest BCUT2D eigenvalue weighted by Crippen LogP contribution is -2.00. The van der Waals surface area contributed by atoms with Crippen molar-refractivity contribution < 1.29 is 9.53 Å². The van der Waals surface area contributed by atoms with Gasteiger partial charge in [-0.15, -0.1) is 0 Å². The number of nitriles is 1.